The molecule has 1 amide bonds. The van der Waals surface area contributed by atoms with Gasteiger partial charge in [0.1, 0.15) is 11.5 Å². The summed E-state index contributed by atoms with van der Waals surface area (Å²) in [7, 11) is 0. The Bertz CT molecular complexity index is 1510. The van der Waals surface area contributed by atoms with Gasteiger partial charge >= 0.3 is 0 Å². The second kappa shape index (κ2) is 11.0. The standard InChI is InChI=1S/C33H35N5O2/c1-23-20-24(2)34-30(21-23)37-18-16-36(17-19-37)27-13-11-26(12-14-27)35-33(40)32(39)31-29(25-8-4-3-5-9-25)22-28-10-6-7-15-38(28)31/h3-5,8-9,11-14,20-22H,6-7,10,15-19H2,1-2H3,(H,35,40). The van der Waals surface area contributed by atoms with E-state index in [9.17, 15) is 9.59 Å². The van der Waals surface area contributed by atoms with Crippen molar-refractivity contribution in [3.63, 3.8) is 0 Å². The van der Waals surface area contributed by atoms with Crippen LogP contribution >= 0.6 is 0 Å². The van der Waals surface area contributed by atoms with Crippen molar-refractivity contribution in [2.24, 2.45) is 0 Å². The summed E-state index contributed by atoms with van der Waals surface area (Å²) < 4.78 is 2.05. The van der Waals surface area contributed by atoms with Crippen LogP contribution < -0.4 is 15.1 Å². The topological polar surface area (TPSA) is 70.5 Å². The average Bonchev–Trinajstić information content (AvgIpc) is 3.37. The number of carbonyl (C=O) groups excluding carboxylic acids is 2. The van der Waals surface area contributed by atoms with Crippen molar-refractivity contribution in [1.29, 1.82) is 0 Å². The van der Waals surface area contributed by atoms with Crippen LogP contribution in [0.3, 0.4) is 0 Å². The number of fused-ring (bicyclic) bond motifs is 1. The quantitative estimate of drug-likeness (QED) is 0.256. The number of aryl methyl sites for hydroxylation is 3. The summed E-state index contributed by atoms with van der Waals surface area (Å²) in [6, 6.07) is 24.0. The van der Waals surface area contributed by atoms with Gasteiger partial charge in [0, 0.05) is 61.0 Å². The zero-order chi connectivity index (χ0) is 27.6. The number of aromatic nitrogens is 2. The second-order valence-corrected chi connectivity index (χ2v) is 10.8. The van der Waals surface area contributed by atoms with Crippen LogP contribution in [0.2, 0.25) is 0 Å². The van der Waals surface area contributed by atoms with E-state index in [2.05, 4.69) is 40.2 Å². The fraction of sp³-hybridized carbons (Fsp3) is 0.303. The number of Topliss-reactive ketones (excluding diaryl/α,β-unsaturated/α-hetero) is 1. The van der Waals surface area contributed by atoms with Crippen LogP contribution in [0.15, 0.2) is 72.8 Å². The highest BCUT2D eigenvalue weighted by Crippen LogP contribution is 2.32. The third-order valence-corrected chi connectivity index (χ3v) is 7.93. The van der Waals surface area contributed by atoms with Gasteiger partial charge in [0.15, 0.2) is 0 Å². The molecular formula is C33H35N5O2. The predicted octanol–water partition coefficient (Wildman–Crippen LogP) is 5.65. The van der Waals surface area contributed by atoms with Crippen molar-refractivity contribution in [2.75, 3.05) is 41.3 Å². The lowest BCUT2D eigenvalue weighted by molar-refractivity contribution is -0.112. The number of anilines is 3. The molecule has 6 rings (SSSR count). The Kier molecular flexibility index (Phi) is 7.11. The first-order valence-electron chi connectivity index (χ1n) is 14.1. The Hall–Kier alpha value is -4.39. The first-order chi connectivity index (χ1) is 19.5. The number of pyridine rings is 1. The number of benzene rings is 2. The minimum absolute atomic E-state index is 0.492. The molecule has 4 aromatic rings. The van der Waals surface area contributed by atoms with Crippen molar-refractivity contribution in [1.82, 2.24) is 9.55 Å². The van der Waals surface area contributed by atoms with Gasteiger partial charge in [-0.25, -0.2) is 4.98 Å². The van der Waals surface area contributed by atoms with Crippen LogP contribution in [-0.2, 0) is 17.8 Å². The fourth-order valence-corrected chi connectivity index (χ4v) is 5.95. The molecule has 204 valence electrons. The summed E-state index contributed by atoms with van der Waals surface area (Å²) in [6.07, 6.45) is 3.03. The van der Waals surface area contributed by atoms with Gasteiger partial charge in [-0.15, -0.1) is 0 Å². The molecule has 0 radical (unpaired) electrons. The van der Waals surface area contributed by atoms with Crippen LogP contribution in [0.25, 0.3) is 11.1 Å². The van der Waals surface area contributed by atoms with Crippen molar-refractivity contribution >= 4 is 28.9 Å². The van der Waals surface area contributed by atoms with Crippen molar-refractivity contribution in [2.45, 2.75) is 39.7 Å². The molecule has 2 aromatic heterocycles. The lowest BCUT2D eigenvalue weighted by atomic mass is 10.0. The third kappa shape index (κ3) is 5.24. The average molecular weight is 534 g/mol. The maximum atomic E-state index is 13.5. The Morgan fingerprint density at radius 2 is 1.52 bits per heavy atom. The van der Waals surface area contributed by atoms with Gasteiger partial charge in [0.25, 0.3) is 11.7 Å². The minimum Gasteiger partial charge on any atom is -0.368 e. The third-order valence-electron chi connectivity index (χ3n) is 7.93. The van der Waals surface area contributed by atoms with Crippen molar-refractivity contribution in [3.05, 3.63) is 95.4 Å². The molecule has 0 atom stereocenters. The monoisotopic (exact) mass is 533 g/mol. The van der Waals surface area contributed by atoms with E-state index >= 15 is 0 Å². The summed E-state index contributed by atoms with van der Waals surface area (Å²) in [6.45, 7) is 8.48. The number of hydrogen-bond acceptors (Lipinski definition) is 5. The van der Waals surface area contributed by atoms with Crippen molar-refractivity contribution in [3.8, 4) is 11.1 Å². The van der Waals surface area contributed by atoms with Gasteiger partial charge in [-0.05, 0) is 86.7 Å². The summed E-state index contributed by atoms with van der Waals surface area (Å²) in [4.78, 5) is 36.1. The SMILES string of the molecule is Cc1cc(C)nc(N2CCN(c3ccc(NC(=O)C(=O)c4c(-c5ccccc5)cc5n4CCCC5)cc3)CC2)c1. The Morgan fingerprint density at radius 3 is 2.25 bits per heavy atom. The lowest BCUT2D eigenvalue weighted by Crippen LogP contribution is -2.46. The highest BCUT2D eigenvalue weighted by Gasteiger charge is 2.28. The second-order valence-electron chi connectivity index (χ2n) is 10.8. The largest absolute Gasteiger partial charge is 0.368 e. The first kappa shape index (κ1) is 25.9. The van der Waals surface area contributed by atoms with E-state index in [0.717, 1.165) is 86.0 Å². The Labute approximate surface area is 235 Å². The van der Waals surface area contributed by atoms with E-state index in [1.165, 1.54) is 5.56 Å². The molecular weight excluding hydrogens is 498 g/mol. The first-order valence-corrected chi connectivity index (χ1v) is 14.1. The lowest BCUT2D eigenvalue weighted by Gasteiger charge is -2.37. The zero-order valence-electron chi connectivity index (χ0n) is 23.2. The molecule has 0 spiro atoms. The molecule has 2 aliphatic rings. The number of ketones is 1. The van der Waals surface area contributed by atoms with Crippen molar-refractivity contribution < 1.29 is 9.59 Å². The summed E-state index contributed by atoms with van der Waals surface area (Å²) in [5.41, 5.74) is 7.40. The van der Waals surface area contributed by atoms with E-state index in [1.54, 1.807) is 0 Å². The zero-order valence-corrected chi connectivity index (χ0v) is 23.2. The maximum Gasteiger partial charge on any atom is 0.298 e. The van der Waals surface area contributed by atoms with E-state index in [0.29, 0.717) is 11.4 Å². The molecule has 2 aromatic carbocycles. The van der Waals surface area contributed by atoms with Crippen LogP contribution in [0.5, 0.6) is 0 Å². The molecule has 4 heterocycles. The molecule has 7 nitrogen and oxygen atoms in total. The van der Waals surface area contributed by atoms with Crippen LogP contribution in [0.4, 0.5) is 17.2 Å². The molecule has 1 fully saturated rings. The maximum absolute atomic E-state index is 13.5. The van der Waals surface area contributed by atoms with Gasteiger partial charge < -0.3 is 19.7 Å². The molecule has 0 unspecified atom stereocenters. The highest BCUT2D eigenvalue weighted by atomic mass is 16.2. The van der Waals surface area contributed by atoms with Crippen LogP contribution in [0, 0.1) is 13.8 Å². The summed E-state index contributed by atoms with van der Waals surface area (Å²) >= 11 is 0. The molecule has 1 saturated heterocycles. The summed E-state index contributed by atoms with van der Waals surface area (Å²) in [5.74, 6) is -0.0577. The number of nitrogens with zero attached hydrogens (tertiary/aromatic N) is 4. The van der Waals surface area contributed by atoms with Gasteiger partial charge in [-0.1, -0.05) is 30.3 Å². The molecule has 0 aliphatic carbocycles. The van der Waals surface area contributed by atoms with Gasteiger partial charge in [0.05, 0.1) is 0 Å². The summed E-state index contributed by atoms with van der Waals surface area (Å²) in [5, 5.41) is 2.85. The normalized spacial score (nSPS) is 15.1. The number of amides is 1. The molecule has 7 heteroatoms. The predicted molar refractivity (Wildman–Crippen MR) is 160 cm³/mol. The minimum atomic E-state index is -0.606. The number of carbonyl (C=O) groups is 2. The number of nitrogens with one attached hydrogen (secondary N) is 1. The number of hydrogen-bond donors (Lipinski definition) is 1. The van der Waals surface area contributed by atoms with E-state index in [1.807, 2.05) is 66.1 Å². The molecule has 40 heavy (non-hydrogen) atoms. The Morgan fingerprint density at radius 1 is 0.800 bits per heavy atom. The van der Waals surface area contributed by atoms with Gasteiger partial charge in [-0.2, -0.15) is 0 Å². The smallest absolute Gasteiger partial charge is 0.298 e. The highest BCUT2D eigenvalue weighted by molar-refractivity contribution is 6.47. The van der Waals surface area contributed by atoms with Crippen LogP contribution in [0.1, 0.15) is 40.3 Å². The molecule has 1 N–H and O–H groups in total. The number of piperazine rings is 1. The molecule has 0 saturated carbocycles. The van der Waals surface area contributed by atoms with E-state index in [-0.39, 0.29) is 0 Å². The molecule has 0 bridgehead atoms. The van der Waals surface area contributed by atoms with Gasteiger partial charge in [-0.3, -0.25) is 9.59 Å². The Balaban J connectivity index is 1.13. The van der Waals surface area contributed by atoms with Gasteiger partial charge in [0.2, 0.25) is 0 Å². The van der Waals surface area contributed by atoms with Crippen LogP contribution in [-0.4, -0.2) is 47.4 Å². The fourth-order valence-electron chi connectivity index (χ4n) is 5.95. The van der Waals surface area contributed by atoms with E-state index < -0.39 is 11.7 Å². The molecule has 2 aliphatic heterocycles. The number of rotatable bonds is 6. The van der Waals surface area contributed by atoms with E-state index in [4.69, 9.17) is 4.98 Å².